The minimum absolute atomic E-state index is 0.142. The van der Waals surface area contributed by atoms with Crippen LogP contribution in [0.5, 0.6) is 6.01 Å². The van der Waals surface area contributed by atoms with Crippen molar-refractivity contribution in [1.29, 1.82) is 0 Å². The van der Waals surface area contributed by atoms with Gasteiger partial charge in [0.15, 0.2) is 5.82 Å². The molecule has 1 amide bonds. The van der Waals surface area contributed by atoms with Gasteiger partial charge in [-0.05, 0) is 81.4 Å². The topological polar surface area (TPSA) is 131 Å². The summed E-state index contributed by atoms with van der Waals surface area (Å²) in [6, 6.07) is 2.84. The molecule has 5 atom stereocenters. The number of fused-ring (bicyclic) bond motifs is 7. The first-order valence-corrected chi connectivity index (χ1v) is 17.3. The molecular formula is C35H41FN8O4. The van der Waals surface area contributed by atoms with Crippen LogP contribution in [0.4, 0.5) is 15.0 Å². The van der Waals surface area contributed by atoms with Crippen molar-refractivity contribution < 1.29 is 23.4 Å². The Labute approximate surface area is 277 Å². The number of aryl methyl sites for hydroxylation is 1. The SMILES string of the molecule is Cc1cc2[nH]ncc2c2c1[C@H]1C[C@H]1CCOC(=O)N[C@]1(C)CCCN(C1)c1nc(OC[C@@H]3CCC4COCCN43)nc3c(F)c-2ncc13. The normalized spacial score (nSPS) is 28.9. The van der Waals surface area contributed by atoms with Crippen molar-refractivity contribution in [3.63, 3.8) is 0 Å². The number of carbonyl (C=O) groups excluding carboxylic acids is 1. The van der Waals surface area contributed by atoms with Gasteiger partial charge in [0.25, 0.3) is 0 Å². The highest BCUT2D eigenvalue weighted by Crippen LogP contribution is 2.54. The number of alkyl carbamates (subject to hydrolysis) is 1. The average molecular weight is 657 g/mol. The summed E-state index contributed by atoms with van der Waals surface area (Å²) in [5, 5.41) is 11.9. The van der Waals surface area contributed by atoms with Crippen LogP contribution in [0.3, 0.4) is 0 Å². The van der Waals surface area contributed by atoms with Crippen molar-refractivity contribution in [2.45, 2.75) is 75.9 Å². The lowest BCUT2D eigenvalue weighted by molar-refractivity contribution is -0.0101. The fourth-order valence-electron chi connectivity index (χ4n) is 8.80. The third kappa shape index (κ3) is 5.13. The Morgan fingerprint density at radius 3 is 2.98 bits per heavy atom. The average Bonchev–Trinajstić information content (AvgIpc) is 3.46. The largest absolute Gasteiger partial charge is 0.462 e. The molecule has 3 saturated heterocycles. The quantitative estimate of drug-likeness (QED) is 0.316. The number of nitrogens with one attached hydrogen (secondary N) is 2. The van der Waals surface area contributed by atoms with E-state index in [-0.39, 0.29) is 29.2 Å². The number of hydrogen-bond acceptors (Lipinski definition) is 10. The van der Waals surface area contributed by atoms with Crippen LogP contribution >= 0.6 is 0 Å². The number of pyridine rings is 1. The summed E-state index contributed by atoms with van der Waals surface area (Å²) in [5.41, 5.74) is 3.54. The predicted octanol–water partition coefficient (Wildman–Crippen LogP) is 4.85. The van der Waals surface area contributed by atoms with E-state index < -0.39 is 17.4 Å². The number of ether oxygens (including phenoxy) is 3. The minimum atomic E-state index is -0.564. The standard InChI is InChI=1S/C35H41FN8O4/c1-19-12-26-24(15-38-42-26)28-27(19)23-13-20(23)6-10-47-34(45)41-35(2)7-3-8-43(18-35)32-25-14-37-31(28)29(36)30(25)39-33(40-32)48-17-22-5-4-21-16-46-11-9-44(21)22/h12,14-15,20-23H,3-11,13,16-18H2,1-2H3,(H,38,42)(H,41,45)/t20-,21?,22+,23+,35-/m1/s1. The molecule has 1 aromatic carbocycles. The van der Waals surface area contributed by atoms with Crippen molar-refractivity contribution in [1.82, 2.24) is 35.4 Å². The van der Waals surface area contributed by atoms with Crippen molar-refractivity contribution in [2.24, 2.45) is 5.92 Å². The van der Waals surface area contributed by atoms with Crippen LogP contribution in [0.1, 0.15) is 62.5 Å². The number of morpholine rings is 1. The van der Waals surface area contributed by atoms with Gasteiger partial charge in [0.1, 0.15) is 23.6 Å². The Hall–Kier alpha value is -4.10. The third-order valence-electron chi connectivity index (χ3n) is 11.3. The molecule has 8 heterocycles. The van der Waals surface area contributed by atoms with Crippen LogP contribution in [-0.2, 0) is 9.47 Å². The number of rotatable bonds is 3. The van der Waals surface area contributed by atoms with E-state index in [2.05, 4.69) is 38.3 Å². The first kappa shape index (κ1) is 30.0. The number of nitrogens with zero attached hydrogens (tertiary/aromatic N) is 6. The second-order valence-electron chi connectivity index (χ2n) is 14.6. The smallest absolute Gasteiger partial charge is 0.407 e. The summed E-state index contributed by atoms with van der Waals surface area (Å²) in [6.45, 7) is 8.30. The van der Waals surface area contributed by atoms with Crippen LogP contribution in [0, 0.1) is 18.7 Å². The molecule has 6 bridgehead atoms. The number of anilines is 1. The molecule has 13 heteroatoms. The second-order valence-corrected chi connectivity index (χ2v) is 14.6. The highest BCUT2D eigenvalue weighted by Gasteiger charge is 2.42. The van der Waals surface area contributed by atoms with Crippen LogP contribution in [0.2, 0.25) is 0 Å². The molecule has 1 aliphatic carbocycles. The monoisotopic (exact) mass is 656 g/mol. The number of carbonyl (C=O) groups is 1. The van der Waals surface area contributed by atoms with Crippen molar-refractivity contribution >= 4 is 33.7 Å². The molecule has 0 radical (unpaired) electrons. The number of aromatic amines is 1. The van der Waals surface area contributed by atoms with Gasteiger partial charge in [-0.25, -0.2) is 9.18 Å². The maximum absolute atomic E-state index is 17.2. The maximum Gasteiger partial charge on any atom is 0.407 e. The van der Waals surface area contributed by atoms with Crippen molar-refractivity contribution in [3.05, 3.63) is 35.4 Å². The van der Waals surface area contributed by atoms with E-state index in [0.717, 1.165) is 79.3 Å². The highest BCUT2D eigenvalue weighted by atomic mass is 19.1. The molecular weight excluding hydrogens is 615 g/mol. The molecule has 3 aromatic heterocycles. The number of piperidine rings is 1. The first-order valence-electron chi connectivity index (χ1n) is 17.3. The summed E-state index contributed by atoms with van der Waals surface area (Å²) in [6.07, 6.45) is 8.36. The molecule has 5 aliphatic heterocycles. The summed E-state index contributed by atoms with van der Waals surface area (Å²) >= 11 is 0. The van der Waals surface area contributed by atoms with E-state index in [9.17, 15) is 4.79 Å². The zero-order valence-corrected chi connectivity index (χ0v) is 27.4. The number of hydrogen-bond donors (Lipinski definition) is 2. The minimum Gasteiger partial charge on any atom is -0.462 e. The van der Waals surface area contributed by atoms with Crippen LogP contribution in [0.25, 0.3) is 33.1 Å². The highest BCUT2D eigenvalue weighted by molar-refractivity contribution is 6.00. The predicted molar refractivity (Wildman–Crippen MR) is 177 cm³/mol. The number of amides is 1. The lowest BCUT2D eigenvalue weighted by atomic mass is 9.90. The Balaban J connectivity index is 1.19. The number of aromatic nitrogens is 5. The molecule has 4 aromatic rings. The zero-order valence-electron chi connectivity index (χ0n) is 27.4. The molecule has 0 spiro atoms. The summed E-state index contributed by atoms with van der Waals surface area (Å²) < 4.78 is 35.0. The Morgan fingerprint density at radius 2 is 2.06 bits per heavy atom. The van der Waals surface area contributed by atoms with Crippen molar-refractivity contribution in [3.8, 4) is 17.3 Å². The molecule has 1 unspecified atom stereocenters. The van der Waals surface area contributed by atoms with E-state index in [4.69, 9.17) is 29.2 Å². The van der Waals surface area contributed by atoms with E-state index in [1.54, 1.807) is 12.4 Å². The van der Waals surface area contributed by atoms with Gasteiger partial charge in [-0.2, -0.15) is 15.1 Å². The van der Waals surface area contributed by atoms with E-state index in [0.29, 0.717) is 56.1 Å². The second kappa shape index (κ2) is 11.5. The summed E-state index contributed by atoms with van der Waals surface area (Å²) in [7, 11) is 0. The number of halogens is 1. The Bertz CT molecular complexity index is 1920. The lowest BCUT2D eigenvalue weighted by Crippen LogP contribution is -2.57. The van der Waals surface area contributed by atoms with Crippen LogP contribution in [0.15, 0.2) is 18.5 Å². The van der Waals surface area contributed by atoms with Crippen LogP contribution in [-0.4, -0.2) is 99.8 Å². The Morgan fingerprint density at radius 1 is 1.15 bits per heavy atom. The summed E-state index contributed by atoms with van der Waals surface area (Å²) in [5.74, 6) is 0.559. The molecule has 1 saturated carbocycles. The van der Waals surface area contributed by atoms with Gasteiger partial charge in [0, 0.05) is 48.9 Å². The van der Waals surface area contributed by atoms with Gasteiger partial charge in [-0.3, -0.25) is 15.0 Å². The fraction of sp³-hybridized carbons (Fsp3) is 0.571. The molecule has 12 nitrogen and oxygen atoms in total. The Kier molecular flexibility index (Phi) is 7.19. The lowest BCUT2D eigenvalue weighted by Gasteiger charge is -2.41. The third-order valence-corrected chi connectivity index (χ3v) is 11.3. The summed E-state index contributed by atoms with van der Waals surface area (Å²) in [4.78, 5) is 32.1. The zero-order chi connectivity index (χ0) is 32.6. The van der Waals surface area contributed by atoms with Gasteiger partial charge in [-0.15, -0.1) is 0 Å². The fourth-order valence-corrected chi connectivity index (χ4v) is 8.80. The van der Waals surface area contributed by atoms with E-state index in [1.165, 1.54) is 0 Å². The first-order chi connectivity index (χ1) is 23.3. The van der Waals surface area contributed by atoms with Gasteiger partial charge in [0.2, 0.25) is 0 Å². The maximum atomic E-state index is 17.2. The molecule has 6 aliphatic rings. The molecule has 48 heavy (non-hydrogen) atoms. The molecule has 252 valence electrons. The number of H-pyrrole nitrogens is 1. The van der Waals surface area contributed by atoms with E-state index in [1.807, 2.05) is 6.92 Å². The van der Waals surface area contributed by atoms with Gasteiger partial charge in [0.05, 0.1) is 42.5 Å². The van der Waals surface area contributed by atoms with E-state index >= 15 is 4.39 Å². The molecule has 10 rings (SSSR count). The van der Waals surface area contributed by atoms with Gasteiger partial charge in [-0.1, -0.05) is 0 Å². The van der Waals surface area contributed by atoms with Crippen molar-refractivity contribution in [2.75, 3.05) is 51.0 Å². The molecule has 4 fully saturated rings. The number of benzene rings is 1. The van der Waals surface area contributed by atoms with Gasteiger partial charge < -0.3 is 24.4 Å². The van der Waals surface area contributed by atoms with Gasteiger partial charge >= 0.3 is 12.1 Å². The van der Waals surface area contributed by atoms with Crippen LogP contribution < -0.4 is 15.0 Å². The molecule has 2 N–H and O–H groups in total.